The molecule has 0 aliphatic heterocycles. The number of fused-ring (bicyclic) bond motifs is 1. The van der Waals surface area contributed by atoms with Crippen LogP contribution in [0.3, 0.4) is 0 Å². The Morgan fingerprint density at radius 3 is 2.64 bits per heavy atom. The van der Waals surface area contributed by atoms with Gasteiger partial charge < -0.3 is 10.6 Å². The fraction of sp³-hybridized carbons (Fsp3) is 0.333. The van der Waals surface area contributed by atoms with Gasteiger partial charge >= 0.3 is 0 Å². The summed E-state index contributed by atoms with van der Waals surface area (Å²) in [5, 5.41) is 7.94. The SMILES string of the molecule is CCC(CC)Nc1nccn2c(Nc3ccc(Cl)cc3Cl)nc(C)c12. The molecule has 0 saturated carbocycles. The van der Waals surface area contributed by atoms with E-state index in [0.717, 1.165) is 35.6 Å². The first kappa shape index (κ1) is 17.8. The van der Waals surface area contributed by atoms with E-state index in [-0.39, 0.29) is 0 Å². The number of nitrogens with zero attached hydrogens (tertiary/aromatic N) is 3. The fourth-order valence-corrected chi connectivity index (χ4v) is 3.26. The summed E-state index contributed by atoms with van der Waals surface area (Å²) < 4.78 is 1.98. The summed E-state index contributed by atoms with van der Waals surface area (Å²) in [6.07, 6.45) is 5.74. The molecule has 2 N–H and O–H groups in total. The summed E-state index contributed by atoms with van der Waals surface area (Å²) in [5.74, 6) is 1.53. The Morgan fingerprint density at radius 2 is 1.96 bits per heavy atom. The average Bonchev–Trinajstić information content (AvgIpc) is 2.92. The lowest BCUT2D eigenvalue weighted by Crippen LogP contribution is -2.18. The number of aromatic nitrogens is 3. The van der Waals surface area contributed by atoms with Crippen LogP contribution in [0.25, 0.3) is 5.52 Å². The molecule has 7 heteroatoms. The molecule has 0 aliphatic carbocycles. The molecule has 0 bridgehead atoms. The zero-order valence-corrected chi connectivity index (χ0v) is 16.0. The van der Waals surface area contributed by atoms with Gasteiger partial charge in [0.25, 0.3) is 0 Å². The van der Waals surface area contributed by atoms with Crippen molar-refractivity contribution in [3.63, 3.8) is 0 Å². The van der Waals surface area contributed by atoms with Gasteiger partial charge in [-0.3, -0.25) is 4.40 Å². The van der Waals surface area contributed by atoms with Crippen molar-refractivity contribution >= 4 is 46.2 Å². The molecule has 2 heterocycles. The Kier molecular flexibility index (Phi) is 5.35. The lowest BCUT2D eigenvalue weighted by atomic mass is 10.2. The van der Waals surface area contributed by atoms with E-state index in [9.17, 15) is 0 Å². The van der Waals surface area contributed by atoms with Gasteiger partial charge in [-0.25, -0.2) is 9.97 Å². The topological polar surface area (TPSA) is 54.2 Å². The number of rotatable bonds is 6. The van der Waals surface area contributed by atoms with E-state index in [0.29, 0.717) is 22.0 Å². The van der Waals surface area contributed by atoms with Crippen LogP contribution in [-0.4, -0.2) is 20.4 Å². The van der Waals surface area contributed by atoms with Crippen LogP contribution in [0.5, 0.6) is 0 Å². The number of benzene rings is 1. The van der Waals surface area contributed by atoms with Gasteiger partial charge in [-0.2, -0.15) is 0 Å². The number of hydrogen-bond acceptors (Lipinski definition) is 4. The van der Waals surface area contributed by atoms with E-state index in [1.54, 1.807) is 18.3 Å². The molecule has 0 fully saturated rings. The van der Waals surface area contributed by atoms with E-state index >= 15 is 0 Å². The van der Waals surface area contributed by atoms with Gasteiger partial charge in [-0.15, -0.1) is 0 Å². The number of nitrogens with one attached hydrogen (secondary N) is 2. The molecule has 0 radical (unpaired) electrons. The standard InChI is InChI=1S/C18H21Cl2N5/c1-4-13(5-2)23-17-16-11(3)22-18(25(16)9-8-21-17)24-15-7-6-12(19)10-14(15)20/h6-10,13H,4-5H2,1-3H3,(H,21,23)(H,22,24). The maximum Gasteiger partial charge on any atom is 0.212 e. The molecule has 0 aliphatic rings. The zero-order chi connectivity index (χ0) is 18.0. The summed E-state index contributed by atoms with van der Waals surface area (Å²) in [5.41, 5.74) is 2.61. The molecule has 0 amide bonds. The van der Waals surface area contributed by atoms with Crippen LogP contribution in [0.4, 0.5) is 17.5 Å². The lowest BCUT2D eigenvalue weighted by molar-refractivity contribution is 0.669. The minimum atomic E-state index is 0.384. The quantitative estimate of drug-likeness (QED) is 0.579. The molecule has 5 nitrogen and oxygen atoms in total. The number of halogens is 2. The molecular weight excluding hydrogens is 357 g/mol. The third kappa shape index (κ3) is 3.67. The first-order valence-electron chi connectivity index (χ1n) is 8.35. The van der Waals surface area contributed by atoms with Crippen LogP contribution in [-0.2, 0) is 0 Å². The van der Waals surface area contributed by atoms with Crippen LogP contribution in [0, 0.1) is 6.92 Å². The maximum absolute atomic E-state index is 6.27. The second-order valence-electron chi connectivity index (χ2n) is 5.92. The van der Waals surface area contributed by atoms with Crippen molar-refractivity contribution in [2.24, 2.45) is 0 Å². The number of aryl methyl sites for hydroxylation is 1. The van der Waals surface area contributed by atoms with Gasteiger partial charge in [-0.05, 0) is 38.0 Å². The number of imidazole rings is 1. The highest BCUT2D eigenvalue weighted by atomic mass is 35.5. The van der Waals surface area contributed by atoms with Gasteiger partial charge in [0.05, 0.1) is 16.4 Å². The van der Waals surface area contributed by atoms with Gasteiger partial charge in [0, 0.05) is 23.5 Å². The molecule has 0 spiro atoms. The minimum absolute atomic E-state index is 0.384. The predicted octanol–water partition coefficient (Wildman–Crippen LogP) is 5.69. The molecule has 3 rings (SSSR count). The normalized spacial score (nSPS) is 11.3. The Balaban J connectivity index is 2.00. The smallest absolute Gasteiger partial charge is 0.212 e. The van der Waals surface area contributed by atoms with Gasteiger partial charge in [0.15, 0.2) is 5.82 Å². The zero-order valence-electron chi connectivity index (χ0n) is 14.5. The molecule has 0 unspecified atom stereocenters. The Morgan fingerprint density at radius 1 is 1.20 bits per heavy atom. The maximum atomic E-state index is 6.27. The third-order valence-corrected chi connectivity index (χ3v) is 4.78. The largest absolute Gasteiger partial charge is 0.366 e. The Bertz CT molecular complexity index is 887. The van der Waals surface area contributed by atoms with E-state index < -0.39 is 0 Å². The second-order valence-corrected chi connectivity index (χ2v) is 6.77. The highest BCUT2D eigenvalue weighted by Crippen LogP contribution is 2.30. The molecule has 0 saturated heterocycles. The van der Waals surface area contributed by atoms with Crippen molar-refractivity contribution in [2.45, 2.75) is 39.7 Å². The molecule has 25 heavy (non-hydrogen) atoms. The van der Waals surface area contributed by atoms with E-state index in [1.165, 1.54) is 0 Å². The van der Waals surface area contributed by atoms with Crippen LogP contribution in [0.2, 0.25) is 10.0 Å². The molecule has 3 aromatic rings. The van der Waals surface area contributed by atoms with Gasteiger partial charge in [0.1, 0.15) is 5.52 Å². The van der Waals surface area contributed by atoms with Gasteiger partial charge in [0.2, 0.25) is 5.95 Å². The van der Waals surface area contributed by atoms with Crippen molar-refractivity contribution in [1.82, 2.24) is 14.4 Å². The molecule has 1 aromatic carbocycles. The average molecular weight is 378 g/mol. The highest BCUT2D eigenvalue weighted by molar-refractivity contribution is 6.36. The van der Waals surface area contributed by atoms with Crippen LogP contribution in [0.1, 0.15) is 32.4 Å². The predicted molar refractivity (Wildman–Crippen MR) is 105 cm³/mol. The monoisotopic (exact) mass is 377 g/mol. The van der Waals surface area contributed by atoms with Crippen molar-refractivity contribution in [1.29, 1.82) is 0 Å². The first-order chi connectivity index (χ1) is 12.0. The minimum Gasteiger partial charge on any atom is -0.366 e. The van der Waals surface area contributed by atoms with Crippen molar-refractivity contribution in [2.75, 3.05) is 10.6 Å². The van der Waals surface area contributed by atoms with E-state index in [1.807, 2.05) is 23.6 Å². The van der Waals surface area contributed by atoms with Crippen LogP contribution >= 0.6 is 23.2 Å². The summed E-state index contributed by atoms with van der Waals surface area (Å²) in [6, 6.07) is 5.72. The summed E-state index contributed by atoms with van der Waals surface area (Å²) in [6.45, 7) is 6.31. The molecular formula is C18H21Cl2N5. The van der Waals surface area contributed by atoms with E-state index in [4.69, 9.17) is 23.2 Å². The van der Waals surface area contributed by atoms with Crippen molar-refractivity contribution in [3.8, 4) is 0 Å². The third-order valence-electron chi connectivity index (χ3n) is 4.23. The van der Waals surface area contributed by atoms with Crippen molar-refractivity contribution < 1.29 is 0 Å². The van der Waals surface area contributed by atoms with Crippen LogP contribution < -0.4 is 10.6 Å². The number of hydrogen-bond donors (Lipinski definition) is 2. The summed E-state index contributed by atoms with van der Waals surface area (Å²) in [4.78, 5) is 9.16. The second kappa shape index (κ2) is 7.50. The first-order valence-corrected chi connectivity index (χ1v) is 9.11. The van der Waals surface area contributed by atoms with E-state index in [2.05, 4.69) is 34.4 Å². The summed E-state index contributed by atoms with van der Waals surface area (Å²) >= 11 is 12.2. The van der Waals surface area contributed by atoms with Crippen molar-refractivity contribution in [3.05, 3.63) is 46.3 Å². The van der Waals surface area contributed by atoms with Gasteiger partial charge in [-0.1, -0.05) is 37.0 Å². The Hall–Kier alpha value is -1.98. The lowest BCUT2D eigenvalue weighted by Gasteiger charge is -2.16. The molecule has 132 valence electrons. The number of anilines is 3. The highest BCUT2D eigenvalue weighted by Gasteiger charge is 2.15. The molecule has 2 aromatic heterocycles. The van der Waals surface area contributed by atoms with Crippen LogP contribution in [0.15, 0.2) is 30.6 Å². The summed E-state index contributed by atoms with van der Waals surface area (Å²) in [7, 11) is 0. The fourth-order valence-electron chi connectivity index (χ4n) is 2.80. The Labute approximate surface area is 157 Å². The molecule has 0 atom stereocenters.